The van der Waals surface area contributed by atoms with Crippen molar-refractivity contribution in [3.63, 3.8) is 0 Å². The molecule has 1 N–H and O–H groups in total. The zero-order valence-electron chi connectivity index (χ0n) is 14.7. The lowest BCUT2D eigenvalue weighted by atomic mass is 10.1. The van der Waals surface area contributed by atoms with E-state index in [1.54, 1.807) is 0 Å². The van der Waals surface area contributed by atoms with Crippen LogP contribution in [0.2, 0.25) is 0 Å². The number of aromatic nitrogens is 3. The molecule has 1 aromatic heterocycles. The zero-order chi connectivity index (χ0) is 19.3. The largest absolute Gasteiger partial charge is 0.573 e. The summed E-state index contributed by atoms with van der Waals surface area (Å²) in [6, 6.07) is 13.5. The molecule has 0 atom stereocenters. The minimum Gasteiger partial charge on any atom is -0.406 e. The van der Waals surface area contributed by atoms with Gasteiger partial charge in [0.05, 0.1) is 5.69 Å². The van der Waals surface area contributed by atoms with Gasteiger partial charge in [-0.2, -0.15) is 0 Å². The minimum atomic E-state index is -4.71. The van der Waals surface area contributed by atoms with Crippen molar-refractivity contribution in [1.29, 1.82) is 0 Å². The Balaban J connectivity index is 1.69. The second kappa shape index (κ2) is 8.22. The molecule has 0 unspecified atom stereocenters. The summed E-state index contributed by atoms with van der Waals surface area (Å²) >= 11 is 0. The van der Waals surface area contributed by atoms with Crippen LogP contribution in [0.3, 0.4) is 0 Å². The van der Waals surface area contributed by atoms with E-state index >= 15 is 0 Å². The fourth-order valence-electron chi connectivity index (χ4n) is 2.55. The van der Waals surface area contributed by atoms with Gasteiger partial charge in [-0.3, -0.25) is 0 Å². The monoisotopic (exact) mass is 376 g/mol. The van der Waals surface area contributed by atoms with Crippen LogP contribution in [0.15, 0.2) is 54.9 Å². The average Bonchev–Trinajstić information content (AvgIpc) is 3.12. The van der Waals surface area contributed by atoms with Gasteiger partial charge in [0, 0.05) is 5.56 Å². The number of hydrogen-bond acceptors (Lipinski definition) is 4. The highest BCUT2D eigenvalue weighted by atomic mass is 19.4. The summed E-state index contributed by atoms with van der Waals surface area (Å²) in [5.74, 6) is 0.267. The van der Waals surface area contributed by atoms with E-state index in [1.165, 1.54) is 40.8 Å². The van der Waals surface area contributed by atoms with Gasteiger partial charge in [0.2, 0.25) is 0 Å². The second-order valence-corrected chi connectivity index (χ2v) is 5.85. The summed E-state index contributed by atoms with van der Waals surface area (Å²) in [7, 11) is 0. The van der Waals surface area contributed by atoms with Gasteiger partial charge in [0.25, 0.3) is 0 Å². The molecule has 0 fully saturated rings. The first-order chi connectivity index (χ1) is 12.9. The summed E-state index contributed by atoms with van der Waals surface area (Å²) < 4.78 is 42.0. The number of nitrogens with zero attached hydrogens (tertiary/aromatic N) is 3. The van der Waals surface area contributed by atoms with Crippen LogP contribution in [0.1, 0.15) is 12.5 Å². The number of likely N-dealkylation sites (N-methyl/N-ethyl adjacent to an activating group) is 1. The third-order valence-electron chi connectivity index (χ3n) is 3.88. The Kier molecular flexibility index (Phi) is 5.75. The van der Waals surface area contributed by atoms with Gasteiger partial charge in [-0.15, -0.1) is 18.3 Å². The van der Waals surface area contributed by atoms with E-state index in [1.807, 2.05) is 24.3 Å². The van der Waals surface area contributed by atoms with Crippen LogP contribution in [-0.4, -0.2) is 34.2 Å². The van der Waals surface area contributed by atoms with Gasteiger partial charge in [-0.25, -0.2) is 9.67 Å². The Morgan fingerprint density at radius 3 is 2.37 bits per heavy atom. The molecule has 2 aromatic carbocycles. The fourth-order valence-corrected chi connectivity index (χ4v) is 2.55. The summed E-state index contributed by atoms with van der Waals surface area (Å²) in [6.07, 6.45) is -2.24. The van der Waals surface area contributed by atoms with Crippen molar-refractivity contribution in [3.8, 4) is 22.8 Å². The van der Waals surface area contributed by atoms with Crippen LogP contribution in [-0.2, 0) is 6.42 Å². The lowest BCUT2D eigenvalue weighted by Crippen LogP contribution is -2.17. The quantitative estimate of drug-likeness (QED) is 0.634. The van der Waals surface area contributed by atoms with E-state index in [4.69, 9.17) is 0 Å². The first kappa shape index (κ1) is 18.9. The van der Waals surface area contributed by atoms with Crippen molar-refractivity contribution in [2.75, 3.05) is 13.1 Å². The lowest BCUT2D eigenvalue weighted by Gasteiger charge is -2.09. The van der Waals surface area contributed by atoms with Crippen LogP contribution >= 0.6 is 0 Å². The van der Waals surface area contributed by atoms with Crippen molar-refractivity contribution >= 4 is 0 Å². The van der Waals surface area contributed by atoms with Crippen molar-refractivity contribution in [2.45, 2.75) is 19.7 Å². The highest BCUT2D eigenvalue weighted by molar-refractivity contribution is 5.55. The first-order valence-corrected chi connectivity index (χ1v) is 8.52. The number of benzene rings is 2. The van der Waals surface area contributed by atoms with Gasteiger partial charge in [0.15, 0.2) is 5.82 Å². The first-order valence-electron chi connectivity index (χ1n) is 8.52. The Hall–Kier alpha value is -2.87. The van der Waals surface area contributed by atoms with Gasteiger partial charge in [0.1, 0.15) is 12.1 Å². The molecule has 0 radical (unpaired) electrons. The number of halogens is 3. The molecule has 0 amide bonds. The third-order valence-corrected chi connectivity index (χ3v) is 3.88. The average molecular weight is 376 g/mol. The van der Waals surface area contributed by atoms with Crippen molar-refractivity contribution in [3.05, 3.63) is 60.4 Å². The van der Waals surface area contributed by atoms with Gasteiger partial charge >= 0.3 is 6.36 Å². The van der Waals surface area contributed by atoms with Gasteiger partial charge in [-0.1, -0.05) is 31.2 Å². The molecule has 0 spiro atoms. The topological polar surface area (TPSA) is 52.0 Å². The van der Waals surface area contributed by atoms with Crippen LogP contribution in [0.4, 0.5) is 13.2 Å². The molecule has 0 saturated carbocycles. The number of hydrogen-bond donors (Lipinski definition) is 1. The molecule has 0 bridgehead atoms. The standard InChI is InChI=1S/C19H19F3N4O/c1-2-23-12-11-14-3-5-15(6-4-14)18-24-13-26(25-18)16-7-9-17(10-8-16)27-19(20,21)22/h3-10,13,23H,2,11-12H2,1H3. The van der Waals surface area contributed by atoms with E-state index < -0.39 is 6.36 Å². The van der Waals surface area contributed by atoms with Gasteiger partial charge in [-0.05, 0) is 49.3 Å². The number of ether oxygens (including phenoxy) is 1. The molecular formula is C19H19F3N4O. The molecule has 3 rings (SSSR count). The summed E-state index contributed by atoms with van der Waals surface area (Å²) in [6.45, 7) is 3.95. The van der Waals surface area contributed by atoms with E-state index in [2.05, 4.69) is 27.1 Å². The maximum atomic E-state index is 12.2. The lowest BCUT2D eigenvalue weighted by molar-refractivity contribution is -0.274. The second-order valence-electron chi connectivity index (χ2n) is 5.85. The highest BCUT2D eigenvalue weighted by Crippen LogP contribution is 2.24. The minimum absolute atomic E-state index is 0.278. The molecule has 0 saturated heterocycles. The predicted molar refractivity (Wildman–Crippen MR) is 95.7 cm³/mol. The fraction of sp³-hybridized carbons (Fsp3) is 0.263. The number of alkyl halides is 3. The third kappa shape index (κ3) is 5.30. The SMILES string of the molecule is CCNCCc1ccc(-c2ncn(-c3ccc(OC(F)(F)F)cc3)n2)cc1. The van der Waals surface area contributed by atoms with Crippen LogP contribution in [0.25, 0.3) is 17.1 Å². The van der Waals surface area contributed by atoms with E-state index in [0.717, 1.165) is 25.1 Å². The Labute approximate surface area is 154 Å². The van der Waals surface area contributed by atoms with E-state index in [0.29, 0.717) is 11.5 Å². The molecule has 0 aliphatic rings. The van der Waals surface area contributed by atoms with Crippen LogP contribution in [0, 0.1) is 0 Å². The predicted octanol–water partition coefficient (Wildman–Crippen LogP) is 3.98. The van der Waals surface area contributed by atoms with E-state index in [-0.39, 0.29) is 5.75 Å². The van der Waals surface area contributed by atoms with Crippen molar-refractivity contribution < 1.29 is 17.9 Å². The number of rotatable bonds is 7. The number of nitrogens with one attached hydrogen (secondary N) is 1. The van der Waals surface area contributed by atoms with Gasteiger partial charge < -0.3 is 10.1 Å². The summed E-state index contributed by atoms with van der Waals surface area (Å²) in [5.41, 5.74) is 2.68. The smallest absolute Gasteiger partial charge is 0.406 e. The Morgan fingerprint density at radius 2 is 1.74 bits per heavy atom. The molecular weight excluding hydrogens is 357 g/mol. The van der Waals surface area contributed by atoms with Crippen molar-refractivity contribution in [1.82, 2.24) is 20.1 Å². The Bertz CT molecular complexity index is 858. The van der Waals surface area contributed by atoms with Crippen LogP contribution < -0.4 is 10.1 Å². The Morgan fingerprint density at radius 1 is 1.04 bits per heavy atom. The van der Waals surface area contributed by atoms with Crippen LogP contribution in [0.5, 0.6) is 5.75 Å². The molecule has 5 nitrogen and oxygen atoms in total. The maximum Gasteiger partial charge on any atom is 0.573 e. The molecule has 142 valence electrons. The summed E-state index contributed by atoms with van der Waals surface area (Å²) in [5, 5.41) is 7.67. The molecule has 3 aromatic rings. The zero-order valence-corrected chi connectivity index (χ0v) is 14.7. The molecule has 0 aliphatic carbocycles. The normalized spacial score (nSPS) is 11.6. The van der Waals surface area contributed by atoms with Crippen molar-refractivity contribution in [2.24, 2.45) is 0 Å². The highest BCUT2D eigenvalue weighted by Gasteiger charge is 2.30. The maximum absolute atomic E-state index is 12.2. The summed E-state index contributed by atoms with van der Waals surface area (Å²) in [4.78, 5) is 4.28. The molecule has 1 heterocycles. The molecule has 0 aliphatic heterocycles. The molecule has 8 heteroatoms. The van der Waals surface area contributed by atoms with E-state index in [9.17, 15) is 13.2 Å². The molecule has 27 heavy (non-hydrogen) atoms.